The predicted molar refractivity (Wildman–Crippen MR) is 87.1 cm³/mol. The van der Waals surface area contributed by atoms with Crippen molar-refractivity contribution in [1.82, 2.24) is 10.6 Å². The molecule has 0 radical (unpaired) electrons. The van der Waals surface area contributed by atoms with Gasteiger partial charge >= 0.3 is 0 Å². The van der Waals surface area contributed by atoms with Gasteiger partial charge in [-0.05, 0) is 30.8 Å². The van der Waals surface area contributed by atoms with Crippen molar-refractivity contribution < 1.29 is 14.3 Å². The van der Waals surface area contributed by atoms with Gasteiger partial charge in [0.2, 0.25) is 0 Å². The SMILES string of the molecule is CCCCCNC(=S)NC(=O)c1cc(OC)cc(OC)c1. The van der Waals surface area contributed by atoms with E-state index in [1.54, 1.807) is 18.2 Å². The second-order valence-corrected chi connectivity index (χ2v) is 4.93. The molecule has 0 spiro atoms. The molecule has 0 bridgehead atoms. The van der Waals surface area contributed by atoms with Crippen LogP contribution in [-0.4, -0.2) is 31.8 Å². The van der Waals surface area contributed by atoms with Crippen molar-refractivity contribution in [2.75, 3.05) is 20.8 Å². The fourth-order valence-corrected chi connectivity index (χ4v) is 1.93. The van der Waals surface area contributed by atoms with Gasteiger partial charge in [-0.1, -0.05) is 19.8 Å². The number of amides is 1. The van der Waals surface area contributed by atoms with Crippen LogP contribution in [-0.2, 0) is 0 Å². The van der Waals surface area contributed by atoms with Crippen molar-refractivity contribution in [1.29, 1.82) is 0 Å². The maximum atomic E-state index is 12.1. The Labute approximate surface area is 131 Å². The maximum absolute atomic E-state index is 12.1. The monoisotopic (exact) mass is 310 g/mol. The standard InChI is InChI=1S/C15H22N2O3S/c1-4-5-6-7-16-15(21)17-14(18)11-8-12(19-2)10-13(9-11)20-3/h8-10H,4-7H2,1-3H3,(H2,16,17,18,21). The molecule has 0 aliphatic rings. The molecule has 0 saturated heterocycles. The van der Waals surface area contributed by atoms with Crippen molar-refractivity contribution in [3.05, 3.63) is 23.8 Å². The highest BCUT2D eigenvalue weighted by Gasteiger charge is 2.11. The first kappa shape index (κ1) is 17.2. The fraction of sp³-hybridized carbons (Fsp3) is 0.467. The molecule has 0 unspecified atom stereocenters. The molecule has 0 heterocycles. The Balaban J connectivity index is 2.60. The third kappa shape index (κ3) is 5.99. The summed E-state index contributed by atoms with van der Waals surface area (Å²) in [6.45, 7) is 2.89. The topological polar surface area (TPSA) is 59.6 Å². The summed E-state index contributed by atoms with van der Waals surface area (Å²) in [6, 6.07) is 4.98. The number of thiocarbonyl (C=S) groups is 1. The second-order valence-electron chi connectivity index (χ2n) is 4.52. The summed E-state index contributed by atoms with van der Waals surface area (Å²) in [4.78, 5) is 12.1. The lowest BCUT2D eigenvalue weighted by Crippen LogP contribution is -2.39. The van der Waals surface area contributed by atoms with Crippen LogP contribution in [0.15, 0.2) is 18.2 Å². The van der Waals surface area contributed by atoms with Crippen LogP contribution >= 0.6 is 12.2 Å². The summed E-state index contributed by atoms with van der Waals surface area (Å²) in [7, 11) is 3.08. The van der Waals surface area contributed by atoms with Crippen LogP contribution in [0.2, 0.25) is 0 Å². The number of unbranched alkanes of at least 4 members (excludes halogenated alkanes) is 2. The lowest BCUT2D eigenvalue weighted by atomic mass is 10.2. The molecule has 2 N–H and O–H groups in total. The third-order valence-electron chi connectivity index (χ3n) is 2.91. The second kappa shape index (κ2) is 9.18. The molecule has 1 aromatic carbocycles. The van der Waals surface area contributed by atoms with E-state index in [4.69, 9.17) is 21.7 Å². The normalized spacial score (nSPS) is 9.86. The summed E-state index contributed by atoms with van der Waals surface area (Å²) in [5.74, 6) is 0.822. The molecule has 1 rings (SSSR count). The number of methoxy groups -OCH3 is 2. The molecule has 6 heteroatoms. The molecule has 5 nitrogen and oxygen atoms in total. The van der Waals surface area contributed by atoms with Crippen LogP contribution in [0, 0.1) is 0 Å². The summed E-state index contributed by atoms with van der Waals surface area (Å²) < 4.78 is 10.3. The minimum Gasteiger partial charge on any atom is -0.497 e. The van der Waals surface area contributed by atoms with Gasteiger partial charge in [0.05, 0.1) is 14.2 Å². The van der Waals surface area contributed by atoms with E-state index in [1.807, 2.05) is 0 Å². The van der Waals surface area contributed by atoms with Gasteiger partial charge in [0.25, 0.3) is 5.91 Å². The zero-order chi connectivity index (χ0) is 15.7. The Morgan fingerprint density at radius 1 is 1.14 bits per heavy atom. The van der Waals surface area contributed by atoms with E-state index in [1.165, 1.54) is 14.2 Å². The summed E-state index contributed by atoms with van der Waals surface area (Å²) in [5, 5.41) is 5.99. The zero-order valence-corrected chi connectivity index (χ0v) is 13.5. The first-order valence-corrected chi connectivity index (χ1v) is 7.33. The molecule has 0 saturated carbocycles. The van der Waals surface area contributed by atoms with Gasteiger partial charge in [0.15, 0.2) is 5.11 Å². The van der Waals surface area contributed by atoms with Crippen LogP contribution in [0.4, 0.5) is 0 Å². The first-order chi connectivity index (χ1) is 10.1. The number of rotatable bonds is 7. The minimum absolute atomic E-state index is 0.291. The summed E-state index contributed by atoms with van der Waals surface area (Å²) in [5.41, 5.74) is 0.434. The third-order valence-corrected chi connectivity index (χ3v) is 3.15. The van der Waals surface area contributed by atoms with Crippen molar-refractivity contribution in [3.63, 3.8) is 0 Å². The zero-order valence-electron chi connectivity index (χ0n) is 12.7. The molecule has 0 atom stereocenters. The van der Waals surface area contributed by atoms with E-state index < -0.39 is 0 Å². The van der Waals surface area contributed by atoms with Crippen molar-refractivity contribution in [2.24, 2.45) is 0 Å². The Bertz CT molecular complexity index is 470. The maximum Gasteiger partial charge on any atom is 0.257 e. The summed E-state index contributed by atoms with van der Waals surface area (Å²) in [6.07, 6.45) is 3.31. The summed E-state index contributed by atoms with van der Waals surface area (Å²) >= 11 is 5.10. The van der Waals surface area contributed by atoms with Gasteiger partial charge in [-0.15, -0.1) is 0 Å². The number of hydrogen-bond acceptors (Lipinski definition) is 4. The van der Waals surface area contributed by atoms with E-state index in [9.17, 15) is 4.79 Å². The van der Waals surface area contributed by atoms with Crippen molar-refractivity contribution in [2.45, 2.75) is 26.2 Å². The Kier molecular flexibility index (Phi) is 7.53. The Hall–Kier alpha value is -1.82. The van der Waals surface area contributed by atoms with E-state index in [0.717, 1.165) is 25.8 Å². The van der Waals surface area contributed by atoms with Crippen LogP contribution in [0.3, 0.4) is 0 Å². The molecule has 0 aliphatic carbocycles. The van der Waals surface area contributed by atoms with E-state index in [-0.39, 0.29) is 5.91 Å². The molecule has 1 aromatic rings. The number of ether oxygens (including phenoxy) is 2. The first-order valence-electron chi connectivity index (χ1n) is 6.93. The molecule has 1 amide bonds. The van der Waals surface area contributed by atoms with Crippen LogP contribution < -0.4 is 20.1 Å². The number of carbonyl (C=O) groups excluding carboxylic acids is 1. The molecular formula is C15H22N2O3S. The fourth-order valence-electron chi connectivity index (χ4n) is 1.73. The van der Waals surface area contributed by atoms with Gasteiger partial charge in [0, 0.05) is 18.2 Å². The van der Waals surface area contributed by atoms with Crippen LogP contribution in [0.1, 0.15) is 36.5 Å². The van der Waals surface area contributed by atoms with Crippen molar-refractivity contribution >= 4 is 23.2 Å². The number of benzene rings is 1. The smallest absolute Gasteiger partial charge is 0.257 e. The van der Waals surface area contributed by atoms with Crippen molar-refractivity contribution in [3.8, 4) is 11.5 Å². The average molecular weight is 310 g/mol. The highest BCUT2D eigenvalue weighted by Crippen LogP contribution is 2.22. The minimum atomic E-state index is -0.291. The van der Waals surface area contributed by atoms with Gasteiger partial charge in [0.1, 0.15) is 11.5 Å². The van der Waals surface area contributed by atoms with Gasteiger partial charge < -0.3 is 14.8 Å². The number of hydrogen-bond donors (Lipinski definition) is 2. The van der Waals surface area contributed by atoms with Gasteiger partial charge in [-0.2, -0.15) is 0 Å². The predicted octanol–water partition coefficient (Wildman–Crippen LogP) is 2.50. The molecule has 21 heavy (non-hydrogen) atoms. The molecule has 0 aliphatic heterocycles. The lowest BCUT2D eigenvalue weighted by Gasteiger charge is -2.11. The Morgan fingerprint density at radius 2 is 1.76 bits per heavy atom. The number of carbonyl (C=O) groups is 1. The molecule has 116 valence electrons. The largest absolute Gasteiger partial charge is 0.497 e. The Morgan fingerprint density at radius 3 is 2.29 bits per heavy atom. The molecule has 0 aromatic heterocycles. The highest BCUT2D eigenvalue weighted by atomic mass is 32.1. The van der Waals surface area contributed by atoms with Gasteiger partial charge in [-0.3, -0.25) is 10.1 Å². The molecule has 0 fully saturated rings. The lowest BCUT2D eigenvalue weighted by molar-refractivity contribution is 0.0976. The van der Waals surface area contributed by atoms with E-state index >= 15 is 0 Å². The van der Waals surface area contributed by atoms with Crippen LogP contribution in [0.5, 0.6) is 11.5 Å². The van der Waals surface area contributed by atoms with E-state index in [0.29, 0.717) is 22.2 Å². The van der Waals surface area contributed by atoms with Crippen LogP contribution in [0.25, 0.3) is 0 Å². The average Bonchev–Trinajstić information content (AvgIpc) is 2.50. The van der Waals surface area contributed by atoms with Gasteiger partial charge in [-0.25, -0.2) is 0 Å². The number of nitrogens with one attached hydrogen (secondary N) is 2. The molecular weight excluding hydrogens is 288 g/mol. The highest BCUT2D eigenvalue weighted by molar-refractivity contribution is 7.80. The van der Waals surface area contributed by atoms with E-state index in [2.05, 4.69) is 17.6 Å². The quantitative estimate of drug-likeness (QED) is 0.598.